The summed E-state index contributed by atoms with van der Waals surface area (Å²) in [4.78, 5) is 10.6. The number of hydrogen-bond acceptors (Lipinski definition) is 3. The van der Waals surface area contributed by atoms with Crippen molar-refractivity contribution in [1.29, 1.82) is 0 Å². The molecule has 1 aliphatic rings. The van der Waals surface area contributed by atoms with Gasteiger partial charge in [-0.25, -0.2) is 0 Å². The maximum absolute atomic E-state index is 5.30. The van der Waals surface area contributed by atoms with E-state index in [-0.39, 0.29) is 6.04 Å². The zero-order valence-electron chi connectivity index (χ0n) is 8.35. The minimum absolute atomic E-state index is 0.264. The van der Waals surface area contributed by atoms with E-state index in [2.05, 4.69) is 19.1 Å². The van der Waals surface area contributed by atoms with E-state index in [4.69, 9.17) is 9.68 Å². The molecule has 0 amide bonds. The smallest absolute Gasteiger partial charge is 0.0966 e. The van der Waals surface area contributed by atoms with Crippen LogP contribution in [0.25, 0.3) is 0 Å². The third kappa shape index (κ3) is 2.32. The van der Waals surface area contributed by atoms with Crippen molar-refractivity contribution in [1.82, 2.24) is 5.23 Å². The summed E-state index contributed by atoms with van der Waals surface area (Å²) in [7, 11) is 0. The van der Waals surface area contributed by atoms with E-state index in [0.717, 1.165) is 6.42 Å². The quantitative estimate of drug-likeness (QED) is 0.730. The molecule has 2 rings (SSSR count). The van der Waals surface area contributed by atoms with E-state index < -0.39 is 0 Å². The Kier molecular flexibility index (Phi) is 3.14. The molecule has 0 bridgehead atoms. The van der Waals surface area contributed by atoms with E-state index in [1.807, 2.05) is 18.2 Å². The summed E-state index contributed by atoms with van der Waals surface area (Å²) >= 11 is 0. The van der Waals surface area contributed by atoms with Gasteiger partial charge in [-0.15, -0.1) is 0 Å². The molecular weight excluding hydrogens is 178 g/mol. The minimum atomic E-state index is 0.264. The van der Waals surface area contributed by atoms with Gasteiger partial charge in [0, 0.05) is 0 Å². The Morgan fingerprint density at radius 1 is 1.21 bits per heavy atom. The van der Waals surface area contributed by atoms with Crippen LogP contribution < -0.4 is 0 Å². The molecule has 1 aliphatic heterocycles. The second kappa shape index (κ2) is 4.55. The molecular formula is C11H15NO2. The van der Waals surface area contributed by atoms with E-state index in [1.165, 1.54) is 5.56 Å². The van der Waals surface area contributed by atoms with Crippen molar-refractivity contribution in [2.24, 2.45) is 0 Å². The molecule has 3 nitrogen and oxygen atoms in total. The van der Waals surface area contributed by atoms with Crippen LogP contribution in [0.3, 0.4) is 0 Å². The third-order valence-corrected chi connectivity index (χ3v) is 2.25. The zero-order valence-corrected chi connectivity index (χ0v) is 8.35. The molecule has 1 aromatic carbocycles. The summed E-state index contributed by atoms with van der Waals surface area (Å²) in [6.45, 7) is 3.43. The van der Waals surface area contributed by atoms with Gasteiger partial charge in [0.1, 0.15) is 0 Å². The minimum Gasteiger partial charge on any atom is -0.271 e. The fourth-order valence-corrected chi connectivity index (χ4v) is 1.58. The van der Waals surface area contributed by atoms with Gasteiger partial charge in [0.05, 0.1) is 19.3 Å². The Hall–Kier alpha value is -0.900. The number of rotatable bonds is 3. The summed E-state index contributed by atoms with van der Waals surface area (Å²) in [5, 5.41) is 1.60. The Morgan fingerprint density at radius 2 is 1.86 bits per heavy atom. The monoisotopic (exact) mass is 193 g/mol. The van der Waals surface area contributed by atoms with Crippen molar-refractivity contribution < 1.29 is 9.68 Å². The van der Waals surface area contributed by atoms with Crippen molar-refractivity contribution >= 4 is 0 Å². The summed E-state index contributed by atoms with van der Waals surface area (Å²) in [6.07, 6.45) is 0.945. The molecule has 76 valence electrons. The Morgan fingerprint density at radius 3 is 2.50 bits per heavy atom. The largest absolute Gasteiger partial charge is 0.271 e. The third-order valence-electron chi connectivity index (χ3n) is 2.25. The SMILES string of the molecule is CC(Cc1ccccc1)N1OCCO1. The van der Waals surface area contributed by atoms with Crippen molar-refractivity contribution in [3.63, 3.8) is 0 Å². The first-order valence-corrected chi connectivity index (χ1v) is 4.95. The molecule has 1 saturated heterocycles. The molecule has 1 aromatic rings. The predicted molar refractivity (Wildman–Crippen MR) is 53.4 cm³/mol. The highest BCUT2D eigenvalue weighted by Crippen LogP contribution is 2.12. The van der Waals surface area contributed by atoms with Gasteiger partial charge < -0.3 is 0 Å². The Balaban J connectivity index is 1.90. The fourth-order valence-electron chi connectivity index (χ4n) is 1.58. The number of benzene rings is 1. The van der Waals surface area contributed by atoms with Gasteiger partial charge >= 0.3 is 0 Å². The molecule has 1 unspecified atom stereocenters. The van der Waals surface area contributed by atoms with Crippen molar-refractivity contribution in [3.05, 3.63) is 35.9 Å². The van der Waals surface area contributed by atoms with Gasteiger partial charge in [0.25, 0.3) is 0 Å². The molecule has 3 heteroatoms. The summed E-state index contributed by atoms with van der Waals surface area (Å²) in [6, 6.07) is 10.6. The van der Waals surface area contributed by atoms with E-state index in [9.17, 15) is 0 Å². The molecule has 0 aromatic heterocycles. The Bertz CT molecular complexity index is 270. The van der Waals surface area contributed by atoms with Gasteiger partial charge in [0.15, 0.2) is 0 Å². The standard InChI is InChI=1S/C11H15NO2/c1-10(12-13-7-8-14-12)9-11-5-3-2-4-6-11/h2-6,10H,7-9H2,1H3. The van der Waals surface area contributed by atoms with Gasteiger partial charge in [0.2, 0.25) is 0 Å². The van der Waals surface area contributed by atoms with Crippen LogP contribution >= 0.6 is 0 Å². The van der Waals surface area contributed by atoms with Crippen LogP contribution in [0.2, 0.25) is 0 Å². The molecule has 0 radical (unpaired) electrons. The highest BCUT2D eigenvalue weighted by atomic mass is 17.0. The fraction of sp³-hybridized carbons (Fsp3) is 0.455. The molecule has 0 spiro atoms. The van der Waals surface area contributed by atoms with Gasteiger partial charge in [-0.3, -0.25) is 9.68 Å². The van der Waals surface area contributed by atoms with Gasteiger partial charge in [-0.05, 0) is 18.9 Å². The van der Waals surface area contributed by atoms with E-state index in [1.54, 1.807) is 5.23 Å². The summed E-state index contributed by atoms with van der Waals surface area (Å²) in [5.74, 6) is 0. The number of hydroxylamine groups is 2. The van der Waals surface area contributed by atoms with Crippen LogP contribution in [0, 0.1) is 0 Å². The first kappa shape index (κ1) is 9.65. The molecule has 1 heterocycles. The molecule has 14 heavy (non-hydrogen) atoms. The average Bonchev–Trinajstić information content (AvgIpc) is 2.72. The van der Waals surface area contributed by atoms with Crippen molar-refractivity contribution in [2.45, 2.75) is 19.4 Å². The van der Waals surface area contributed by atoms with Gasteiger partial charge in [-0.1, -0.05) is 35.6 Å². The lowest BCUT2D eigenvalue weighted by Gasteiger charge is -2.20. The van der Waals surface area contributed by atoms with Crippen molar-refractivity contribution in [3.8, 4) is 0 Å². The predicted octanol–water partition coefficient (Wildman–Crippen LogP) is 1.80. The van der Waals surface area contributed by atoms with Crippen LogP contribution in [0.4, 0.5) is 0 Å². The maximum atomic E-state index is 5.30. The lowest BCUT2D eigenvalue weighted by molar-refractivity contribution is -0.319. The normalized spacial score (nSPS) is 19.8. The molecule has 0 saturated carbocycles. The van der Waals surface area contributed by atoms with E-state index in [0.29, 0.717) is 13.2 Å². The second-order valence-corrected chi connectivity index (χ2v) is 3.49. The molecule has 1 fully saturated rings. The van der Waals surface area contributed by atoms with Crippen LogP contribution in [-0.4, -0.2) is 24.5 Å². The summed E-state index contributed by atoms with van der Waals surface area (Å²) < 4.78 is 0. The highest BCUT2D eigenvalue weighted by molar-refractivity contribution is 5.15. The van der Waals surface area contributed by atoms with E-state index >= 15 is 0 Å². The van der Waals surface area contributed by atoms with Crippen LogP contribution in [0.15, 0.2) is 30.3 Å². The van der Waals surface area contributed by atoms with Crippen LogP contribution in [-0.2, 0) is 16.1 Å². The maximum Gasteiger partial charge on any atom is 0.0966 e. The van der Waals surface area contributed by atoms with Crippen LogP contribution in [0.1, 0.15) is 12.5 Å². The van der Waals surface area contributed by atoms with Gasteiger partial charge in [-0.2, -0.15) is 0 Å². The molecule has 0 aliphatic carbocycles. The van der Waals surface area contributed by atoms with Crippen LogP contribution in [0.5, 0.6) is 0 Å². The second-order valence-electron chi connectivity index (χ2n) is 3.49. The average molecular weight is 193 g/mol. The first-order chi connectivity index (χ1) is 6.86. The number of hydrogen-bond donors (Lipinski definition) is 0. The first-order valence-electron chi connectivity index (χ1n) is 4.95. The molecule has 0 N–H and O–H groups in total. The lowest BCUT2D eigenvalue weighted by Crippen LogP contribution is -2.29. The molecule has 1 atom stereocenters. The summed E-state index contributed by atoms with van der Waals surface area (Å²) in [5.41, 5.74) is 1.30. The lowest BCUT2D eigenvalue weighted by atomic mass is 10.1. The zero-order chi connectivity index (χ0) is 9.80. The highest BCUT2D eigenvalue weighted by Gasteiger charge is 2.20. The topological polar surface area (TPSA) is 21.7 Å². The Labute approximate surface area is 84.1 Å². The van der Waals surface area contributed by atoms with Crippen molar-refractivity contribution in [2.75, 3.05) is 13.2 Å². The number of nitrogens with zero attached hydrogens (tertiary/aromatic N) is 1.